The highest BCUT2D eigenvalue weighted by Crippen LogP contribution is 2.33. The maximum atomic E-state index is 12.3. The van der Waals surface area contributed by atoms with E-state index in [0.717, 1.165) is 0 Å². The van der Waals surface area contributed by atoms with Crippen LogP contribution in [0.5, 0.6) is 11.5 Å². The number of rotatable bonds is 7. The van der Waals surface area contributed by atoms with Gasteiger partial charge in [0.1, 0.15) is 59.8 Å². The number of hydrogen-bond donors (Lipinski definition) is 6. The normalized spacial score (nSPS) is 36.1. The van der Waals surface area contributed by atoms with Crippen molar-refractivity contribution in [3.8, 4) is 11.5 Å². The fraction of sp³-hybridized carbons (Fsp3) is 0.667. The Kier molecular flexibility index (Phi) is 8.67. The molecule has 0 amide bonds. The molecule has 0 radical (unpaired) electrons. The third-order valence-electron chi connectivity index (χ3n) is 5.69. The zero-order valence-corrected chi connectivity index (χ0v) is 18.8. The first-order valence-electron chi connectivity index (χ1n) is 10.5. The SMILES string of the molecule is COC(=O)c1c(C)cc(OC)cc1O[C@@H]1O[C@H](CO[C@@H]2OC[C@@H](O)[C@H](O)[C@@H]2O)[C@@H](O)[C@H](O)[C@H]1O. The second-order valence-corrected chi connectivity index (χ2v) is 8.03. The fourth-order valence-corrected chi connectivity index (χ4v) is 3.69. The summed E-state index contributed by atoms with van der Waals surface area (Å²) >= 11 is 0. The summed E-state index contributed by atoms with van der Waals surface area (Å²) in [6, 6.07) is 2.95. The van der Waals surface area contributed by atoms with E-state index in [2.05, 4.69) is 0 Å². The molecule has 0 unspecified atom stereocenters. The van der Waals surface area contributed by atoms with Gasteiger partial charge in [-0.15, -0.1) is 0 Å². The van der Waals surface area contributed by atoms with Crippen LogP contribution in [0, 0.1) is 6.92 Å². The summed E-state index contributed by atoms with van der Waals surface area (Å²) in [6.45, 7) is 0.877. The van der Waals surface area contributed by atoms with E-state index >= 15 is 0 Å². The lowest BCUT2D eigenvalue weighted by atomic mass is 9.99. The zero-order valence-electron chi connectivity index (χ0n) is 18.8. The number of esters is 1. The Balaban J connectivity index is 1.77. The number of aryl methyl sites for hydroxylation is 1. The smallest absolute Gasteiger partial charge is 0.341 e. The number of hydrogen-bond acceptors (Lipinski definition) is 13. The topological polar surface area (TPSA) is 194 Å². The van der Waals surface area contributed by atoms with Crippen LogP contribution in [0.3, 0.4) is 0 Å². The van der Waals surface area contributed by atoms with Crippen molar-refractivity contribution in [1.29, 1.82) is 0 Å². The summed E-state index contributed by atoms with van der Waals surface area (Å²) in [6.07, 6.45) is -13.6. The monoisotopic (exact) mass is 490 g/mol. The fourth-order valence-electron chi connectivity index (χ4n) is 3.69. The van der Waals surface area contributed by atoms with Crippen LogP contribution in [0.4, 0.5) is 0 Å². The number of carbonyl (C=O) groups is 1. The van der Waals surface area contributed by atoms with Crippen LogP contribution in [-0.4, -0.2) is 119 Å². The van der Waals surface area contributed by atoms with Crippen LogP contribution < -0.4 is 9.47 Å². The van der Waals surface area contributed by atoms with E-state index in [0.29, 0.717) is 11.3 Å². The second kappa shape index (κ2) is 11.1. The Morgan fingerprint density at radius 1 is 0.971 bits per heavy atom. The number of aliphatic hydroxyl groups is 6. The molecule has 2 saturated heterocycles. The molecule has 3 rings (SSSR count). The molecule has 2 aliphatic heterocycles. The van der Waals surface area contributed by atoms with Crippen molar-refractivity contribution in [3.05, 3.63) is 23.3 Å². The molecular formula is C21H30O13. The van der Waals surface area contributed by atoms with Crippen molar-refractivity contribution in [3.63, 3.8) is 0 Å². The molecule has 2 aliphatic rings. The van der Waals surface area contributed by atoms with Gasteiger partial charge in [0.15, 0.2) is 6.29 Å². The molecule has 9 atom stereocenters. The number of ether oxygens (including phenoxy) is 6. The van der Waals surface area contributed by atoms with Gasteiger partial charge in [-0.1, -0.05) is 0 Å². The third kappa shape index (κ3) is 5.43. The largest absolute Gasteiger partial charge is 0.497 e. The highest BCUT2D eigenvalue weighted by atomic mass is 16.7. The van der Waals surface area contributed by atoms with Crippen molar-refractivity contribution < 1.29 is 63.9 Å². The average molecular weight is 490 g/mol. The number of benzene rings is 1. The minimum absolute atomic E-state index is 0.0405. The third-order valence-corrected chi connectivity index (χ3v) is 5.69. The lowest BCUT2D eigenvalue weighted by molar-refractivity contribution is -0.307. The predicted molar refractivity (Wildman–Crippen MR) is 110 cm³/mol. The molecule has 13 heteroatoms. The van der Waals surface area contributed by atoms with E-state index in [1.807, 2.05) is 0 Å². The molecule has 2 fully saturated rings. The molecule has 34 heavy (non-hydrogen) atoms. The van der Waals surface area contributed by atoms with E-state index in [4.69, 9.17) is 28.4 Å². The maximum absolute atomic E-state index is 12.3. The quantitative estimate of drug-likeness (QED) is 0.219. The van der Waals surface area contributed by atoms with Crippen LogP contribution in [-0.2, 0) is 18.9 Å². The summed E-state index contributed by atoms with van der Waals surface area (Å²) in [5.74, 6) is -0.431. The van der Waals surface area contributed by atoms with E-state index < -0.39 is 67.9 Å². The first-order valence-corrected chi connectivity index (χ1v) is 10.5. The van der Waals surface area contributed by atoms with E-state index in [1.165, 1.54) is 20.3 Å². The minimum Gasteiger partial charge on any atom is -0.497 e. The summed E-state index contributed by atoms with van der Waals surface area (Å²) in [5.41, 5.74) is 0.495. The van der Waals surface area contributed by atoms with Crippen molar-refractivity contribution >= 4 is 5.97 Å². The van der Waals surface area contributed by atoms with E-state index in [9.17, 15) is 35.4 Å². The Hall–Kier alpha value is -2.07. The van der Waals surface area contributed by atoms with E-state index in [-0.39, 0.29) is 17.9 Å². The highest BCUT2D eigenvalue weighted by molar-refractivity contribution is 5.94. The van der Waals surface area contributed by atoms with Crippen LogP contribution in [0.25, 0.3) is 0 Å². The summed E-state index contributed by atoms with van der Waals surface area (Å²) in [7, 11) is 2.60. The van der Waals surface area contributed by atoms with Crippen molar-refractivity contribution in [1.82, 2.24) is 0 Å². The Morgan fingerprint density at radius 3 is 2.29 bits per heavy atom. The summed E-state index contributed by atoms with van der Waals surface area (Å²) in [4.78, 5) is 12.3. The molecule has 0 aromatic heterocycles. The van der Waals surface area contributed by atoms with Crippen molar-refractivity contribution in [2.24, 2.45) is 0 Å². The van der Waals surface area contributed by atoms with Gasteiger partial charge in [0, 0.05) is 6.07 Å². The Labute approximate surface area is 195 Å². The van der Waals surface area contributed by atoms with E-state index in [1.54, 1.807) is 13.0 Å². The van der Waals surface area contributed by atoms with Crippen LogP contribution in [0.2, 0.25) is 0 Å². The first-order chi connectivity index (χ1) is 16.1. The zero-order chi connectivity index (χ0) is 25.2. The van der Waals surface area contributed by atoms with Gasteiger partial charge in [0.2, 0.25) is 6.29 Å². The van der Waals surface area contributed by atoms with Gasteiger partial charge in [-0.25, -0.2) is 4.79 Å². The minimum atomic E-state index is -1.72. The lowest BCUT2D eigenvalue weighted by Gasteiger charge is -2.41. The van der Waals surface area contributed by atoms with Gasteiger partial charge < -0.3 is 59.1 Å². The van der Waals surface area contributed by atoms with Gasteiger partial charge in [0.05, 0.1) is 27.4 Å². The average Bonchev–Trinajstić information content (AvgIpc) is 2.82. The standard InChI is InChI=1S/C21H30O13/c1-8-4-9(29-2)5-11(13(8)19(28)30-3)33-21-18(27)16(25)15(24)12(34-21)7-32-20-17(26)14(23)10(22)6-31-20/h4-5,10,12,14-18,20-27H,6-7H2,1-3H3/t10-,12-,14+,15-,16+,17+,18-,20+,21-/m1/s1. The second-order valence-electron chi connectivity index (χ2n) is 8.03. The Bertz CT molecular complexity index is 848. The molecule has 192 valence electrons. The molecule has 1 aromatic rings. The molecule has 1 aromatic carbocycles. The first kappa shape index (κ1) is 26.5. The van der Waals surface area contributed by atoms with Crippen LogP contribution in [0.1, 0.15) is 15.9 Å². The Morgan fingerprint density at radius 2 is 1.65 bits per heavy atom. The number of aliphatic hydroxyl groups excluding tert-OH is 6. The number of carbonyl (C=O) groups excluding carboxylic acids is 1. The molecular weight excluding hydrogens is 460 g/mol. The molecule has 0 spiro atoms. The maximum Gasteiger partial charge on any atom is 0.341 e. The van der Waals surface area contributed by atoms with Gasteiger partial charge in [-0.05, 0) is 18.6 Å². The summed E-state index contributed by atoms with van der Waals surface area (Å²) < 4.78 is 31.8. The van der Waals surface area contributed by atoms with Gasteiger partial charge in [-0.3, -0.25) is 0 Å². The van der Waals surface area contributed by atoms with Gasteiger partial charge in [0.25, 0.3) is 0 Å². The van der Waals surface area contributed by atoms with Crippen LogP contribution >= 0.6 is 0 Å². The molecule has 0 saturated carbocycles. The molecule has 13 nitrogen and oxygen atoms in total. The van der Waals surface area contributed by atoms with Gasteiger partial charge >= 0.3 is 5.97 Å². The molecule has 0 bridgehead atoms. The molecule has 2 heterocycles. The van der Waals surface area contributed by atoms with Gasteiger partial charge in [-0.2, -0.15) is 0 Å². The summed E-state index contributed by atoms with van der Waals surface area (Å²) in [5, 5.41) is 60.4. The van der Waals surface area contributed by atoms with Crippen LogP contribution in [0.15, 0.2) is 12.1 Å². The predicted octanol–water partition coefficient (Wildman–Crippen LogP) is -2.57. The van der Waals surface area contributed by atoms with Crippen molar-refractivity contribution in [2.75, 3.05) is 27.4 Å². The lowest BCUT2D eigenvalue weighted by Crippen LogP contribution is -2.61. The molecule has 6 N–H and O–H groups in total. The molecule has 0 aliphatic carbocycles. The number of methoxy groups -OCH3 is 2. The highest BCUT2D eigenvalue weighted by Gasteiger charge is 2.46. The van der Waals surface area contributed by atoms with Crippen molar-refractivity contribution in [2.45, 2.75) is 62.2 Å².